The van der Waals surface area contributed by atoms with Crippen LogP contribution in [0.3, 0.4) is 0 Å². The molecule has 2 rings (SSSR count). The van der Waals surface area contributed by atoms with Gasteiger partial charge in [0.15, 0.2) is 11.6 Å². The summed E-state index contributed by atoms with van der Waals surface area (Å²) in [4.78, 5) is 24.9. The molecule has 2 aromatic carbocycles. The van der Waals surface area contributed by atoms with Crippen molar-refractivity contribution in [2.75, 3.05) is 0 Å². The van der Waals surface area contributed by atoms with Crippen LogP contribution in [0.15, 0.2) is 72.3 Å². The Hall–Kier alpha value is -2.99. The fourth-order valence-corrected chi connectivity index (χ4v) is 1.93. The predicted octanol–water partition coefficient (Wildman–Crippen LogP) is 3.59. The number of hydrogen-bond donors (Lipinski definition) is 0. The Labute approximate surface area is 123 Å². The molecule has 0 aromatic heterocycles. The standard InChI is InChI=1S/C18H13NO2/c19-13-7-12-16(17(20)14-8-3-1-4-9-14)18(21)15-10-5-2-6-11-15/h1-6,8-12H,7H2. The molecule has 0 atom stereocenters. The van der Waals surface area contributed by atoms with Gasteiger partial charge in [-0.05, 0) is 0 Å². The molecule has 0 N–H and O–H groups in total. The van der Waals surface area contributed by atoms with Gasteiger partial charge < -0.3 is 0 Å². The van der Waals surface area contributed by atoms with E-state index in [0.29, 0.717) is 11.1 Å². The van der Waals surface area contributed by atoms with E-state index in [9.17, 15) is 9.59 Å². The van der Waals surface area contributed by atoms with Crippen molar-refractivity contribution < 1.29 is 9.59 Å². The predicted molar refractivity (Wildman–Crippen MR) is 79.9 cm³/mol. The van der Waals surface area contributed by atoms with E-state index in [-0.39, 0.29) is 23.6 Å². The van der Waals surface area contributed by atoms with Gasteiger partial charge in [0.2, 0.25) is 0 Å². The van der Waals surface area contributed by atoms with Crippen LogP contribution in [0.4, 0.5) is 0 Å². The maximum atomic E-state index is 12.5. The summed E-state index contributed by atoms with van der Waals surface area (Å²) in [6.45, 7) is 0. The van der Waals surface area contributed by atoms with E-state index in [4.69, 9.17) is 5.26 Å². The van der Waals surface area contributed by atoms with Gasteiger partial charge in [-0.3, -0.25) is 9.59 Å². The fourth-order valence-electron chi connectivity index (χ4n) is 1.93. The van der Waals surface area contributed by atoms with Crippen molar-refractivity contribution in [1.82, 2.24) is 0 Å². The Bertz CT molecular complexity index is 656. The van der Waals surface area contributed by atoms with Crippen molar-refractivity contribution in [3.8, 4) is 6.07 Å². The second kappa shape index (κ2) is 6.97. The van der Waals surface area contributed by atoms with E-state index < -0.39 is 0 Å². The summed E-state index contributed by atoms with van der Waals surface area (Å²) < 4.78 is 0. The topological polar surface area (TPSA) is 57.9 Å². The number of ketones is 2. The van der Waals surface area contributed by atoms with E-state index in [1.54, 1.807) is 60.7 Å². The first kappa shape index (κ1) is 14.4. The summed E-state index contributed by atoms with van der Waals surface area (Å²) in [6.07, 6.45) is 1.41. The summed E-state index contributed by atoms with van der Waals surface area (Å²) in [5.74, 6) is -0.723. The Morgan fingerprint density at radius 3 is 1.67 bits per heavy atom. The average molecular weight is 275 g/mol. The largest absolute Gasteiger partial charge is 0.288 e. The first-order chi connectivity index (χ1) is 10.2. The molecule has 0 bridgehead atoms. The van der Waals surface area contributed by atoms with E-state index in [0.717, 1.165) is 0 Å². The van der Waals surface area contributed by atoms with Crippen LogP contribution in [0.25, 0.3) is 0 Å². The van der Waals surface area contributed by atoms with Gasteiger partial charge in [0.25, 0.3) is 0 Å². The summed E-state index contributed by atoms with van der Waals surface area (Å²) in [7, 11) is 0. The van der Waals surface area contributed by atoms with Gasteiger partial charge in [0, 0.05) is 11.1 Å². The molecule has 2 aromatic rings. The molecule has 0 radical (unpaired) electrons. The van der Waals surface area contributed by atoms with Crippen LogP contribution < -0.4 is 0 Å². The molecule has 0 heterocycles. The lowest BCUT2D eigenvalue weighted by Crippen LogP contribution is -2.13. The van der Waals surface area contributed by atoms with Gasteiger partial charge in [-0.1, -0.05) is 66.7 Å². The monoisotopic (exact) mass is 275 g/mol. The lowest BCUT2D eigenvalue weighted by Gasteiger charge is -2.06. The zero-order valence-corrected chi connectivity index (χ0v) is 11.3. The highest BCUT2D eigenvalue weighted by Gasteiger charge is 2.20. The van der Waals surface area contributed by atoms with Crippen LogP contribution in [0.2, 0.25) is 0 Å². The smallest absolute Gasteiger partial charge is 0.196 e. The third-order valence-corrected chi connectivity index (χ3v) is 2.96. The molecule has 0 aliphatic rings. The fraction of sp³-hybridized carbons (Fsp3) is 0.0556. The van der Waals surface area contributed by atoms with Crippen LogP contribution >= 0.6 is 0 Å². The first-order valence-corrected chi connectivity index (χ1v) is 6.50. The molecule has 21 heavy (non-hydrogen) atoms. The molecule has 0 saturated carbocycles. The molecule has 0 aliphatic carbocycles. The third-order valence-electron chi connectivity index (χ3n) is 2.96. The minimum Gasteiger partial charge on any atom is -0.288 e. The van der Waals surface area contributed by atoms with Crippen molar-refractivity contribution in [2.24, 2.45) is 0 Å². The van der Waals surface area contributed by atoms with Crippen molar-refractivity contribution in [3.05, 3.63) is 83.4 Å². The van der Waals surface area contributed by atoms with Crippen LogP contribution in [-0.2, 0) is 0 Å². The number of nitrogens with zero attached hydrogens (tertiary/aromatic N) is 1. The number of allylic oxidation sites excluding steroid dienone is 2. The minimum absolute atomic E-state index is 0.0203. The van der Waals surface area contributed by atoms with E-state index in [2.05, 4.69) is 0 Å². The molecule has 0 unspecified atom stereocenters. The Kier molecular flexibility index (Phi) is 4.79. The van der Waals surface area contributed by atoms with Gasteiger partial charge in [-0.15, -0.1) is 0 Å². The summed E-state index contributed by atoms with van der Waals surface area (Å²) in [5, 5.41) is 8.70. The molecular formula is C18H13NO2. The van der Waals surface area contributed by atoms with Crippen molar-refractivity contribution in [2.45, 2.75) is 6.42 Å². The molecule has 3 heteroatoms. The number of Topliss-reactive ketones (excluding diaryl/α,β-unsaturated/α-hetero) is 2. The lowest BCUT2D eigenvalue weighted by atomic mass is 9.95. The number of rotatable bonds is 5. The second-order valence-corrected chi connectivity index (χ2v) is 4.37. The molecule has 102 valence electrons. The molecule has 0 amide bonds. The highest BCUT2D eigenvalue weighted by atomic mass is 16.1. The minimum atomic E-state index is -0.361. The normalized spacial score (nSPS) is 9.48. The number of carbonyl (C=O) groups is 2. The SMILES string of the molecule is N#CCC=C(C(=O)c1ccccc1)C(=O)c1ccccc1. The van der Waals surface area contributed by atoms with Gasteiger partial charge >= 0.3 is 0 Å². The van der Waals surface area contributed by atoms with Crippen molar-refractivity contribution in [3.63, 3.8) is 0 Å². The number of carbonyl (C=O) groups excluding carboxylic acids is 2. The van der Waals surface area contributed by atoms with Gasteiger partial charge in [-0.25, -0.2) is 0 Å². The molecule has 0 spiro atoms. The highest BCUT2D eigenvalue weighted by molar-refractivity contribution is 6.30. The van der Waals surface area contributed by atoms with E-state index in [1.165, 1.54) is 6.08 Å². The third kappa shape index (κ3) is 3.52. The Balaban J connectivity index is 2.39. The molecular weight excluding hydrogens is 262 g/mol. The molecule has 0 saturated heterocycles. The zero-order chi connectivity index (χ0) is 15.1. The van der Waals surface area contributed by atoms with Crippen LogP contribution in [0.1, 0.15) is 27.1 Å². The van der Waals surface area contributed by atoms with E-state index >= 15 is 0 Å². The number of nitriles is 1. The van der Waals surface area contributed by atoms with Crippen molar-refractivity contribution in [1.29, 1.82) is 5.26 Å². The maximum absolute atomic E-state index is 12.5. The van der Waals surface area contributed by atoms with Crippen LogP contribution in [0, 0.1) is 11.3 Å². The molecule has 0 fully saturated rings. The second-order valence-electron chi connectivity index (χ2n) is 4.37. The maximum Gasteiger partial charge on any atom is 0.196 e. The summed E-state index contributed by atoms with van der Waals surface area (Å²) in [6, 6.07) is 19.1. The van der Waals surface area contributed by atoms with Crippen molar-refractivity contribution >= 4 is 11.6 Å². The summed E-state index contributed by atoms with van der Waals surface area (Å²) >= 11 is 0. The zero-order valence-electron chi connectivity index (χ0n) is 11.3. The van der Waals surface area contributed by atoms with Gasteiger partial charge in [-0.2, -0.15) is 5.26 Å². The lowest BCUT2D eigenvalue weighted by molar-refractivity contribution is 0.0962. The average Bonchev–Trinajstić information content (AvgIpc) is 2.56. The van der Waals surface area contributed by atoms with Gasteiger partial charge in [0.1, 0.15) is 0 Å². The quantitative estimate of drug-likeness (QED) is 0.362. The van der Waals surface area contributed by atoms with Gasteiger partial charge in [0.05, 0.1) is 18.1 Å². The highest BCUT2D eigenvalue weighted by Crippen LogP contribution is 2.15. The number of hydrogen-bond acceptors (Lipinski definition) is 3. The van der Waals surface area contributed by atoms with Crippen LogP contribution in [0.5, 0.6) is 0 Å². The first-order valence-electron chi connectivity index (χ1n) is 6.50. The van der Waals surface area contributed by atoms with E-state index in [1.807, 2.05) is 6.07 Å². The molecule has 3 nitrogen and oxygen atoms in total. The summed E-state index contributed by atoms with van der Waals surface area (Å²) in [5.41, 5.74) is 0.908. The van der Waals surface area contributed by atoms with Crippen LogP contribution in [-0.4, -0.2) is 11.6 Å². The number of benzene rings is 2. The Morgan fingerprint density at radius 1 is 0.857 bits per heavy atom. The Morgan fingerprint density at radius 2 is 1.29 bits per heavy atom. The molecule has 0 aliphatic heterocycles.